The summed E-state index contributed by atoms with van der Waals surface area (Å²) in [5, 5.41) is 0. The van der Waals surface area contributed by atoms with Crippen LogP contribution in [-0.2, 0) is 4.79 Å². The van der Waals surface area contributed by atoms with Crippen molar-refractivity contribution in [1.82, 2.24) is 4.90 Å². The second-order valence-electron chi connectivity index (χ2n) is 5.15. The van der Waals surface area contributed by atoms with Gasteiger partial charge in [0.1, 0.15) is 0 Å². The summed E-state index contributed by atoms with van der Waals surface area (Å²) < 4.78 is 0. The summed E-state index contributed by atoms with van der Waals surface area (Å²) in [5.41, 5.74) is -0.234. The zero-order valence-corrected chi connectivity index (χ0v) is 12.0. The van der Waals surface area contributed by atoms with Gasteiger partial charge in [-0.1, -0.05) is 40.5 Å². The fourth-order valence-corrected chi connectivity index (χ4v) is 2.63. The van der Waals surface area contributed by atoms with Gasteiger partial charge in [0.05, 0.1) is 5.54 Å². The zero-order valence-electron chi connectivity index (χ0n) is 12.0. The number of rotatable bonds is 8. The summed E-state index contributed by atoms with van der Waals surface area (Å²) in [6, 6.07) is 0. The number of hydrogen-bond acceptors (Lipinski definition) is 2. The van der Waals surface area contributed by atoms with Crippen LogP contribution in [-0.4, -0.2) is 30.3 Å². The molecule has 0 bridgehead atoms. The molecule has 0 amide bonds. The predicted octanol–water partition coefficient (Wildman–Crippen LogP) is 3.50. The van der Waals surface area contributed by atoms with Crippen LogP contribution in [0.15, 0.2) is 0 Å². The Bertz CT molecular complexity index is 207. The molecular weight excluding hydrogens is 198 g/mol. The third-order valence-electron chi connectivity index (χ3n) is 3.86. The maximum absolute atomic E-state index is 12.4. The largest absolute Gasteiger partial charge is 0.298 e. The summed E-state index contributed by atoms with van der Waals surface area (Å²) in [4.78, 5) is 14.5. The Balaban J connectivity index is 4.63. The third kappa shape index (κ3) is 3.58. The van der Waals surface area contributed by atoms with Crippen LogP contribution in [0.4, 0.5) is 0 Å². The lowest BCUT2D eigenvalue weighted by Crippen LogP contribution is -2.50. The highest BCUT2D eigenvalue weighted by Gasteiger charge is 2.36. The first-order valence-electron chi connectivity index (χ1n) is 6.65. The number of carbonyl (C=O) groups excluding carboxylic acids is 1. The summed E-state index contributed by atoms with van der Waals surface area (Å²) in [6.07, 6.45) is 4.88. The highest BCUT2D eigenvalue weighted by molar-refractivity contribution is 5.88. The van der Waals surface area contributed by atoms with E-state index in [2.05, 4.69) is 32.6 Å². The first-order chi connectivity index (χ1) is 7.44. The van der Waals surface area contributed by atoms with Crippen molar-refractivity contribution in [2.45, 2.75) is 65.3 Å². The lowest BCUT2D eigenvalue weighted by atomic mass is 9.82. The first kappa shape index (κ1) is 15.6. The minimum atomic E-state index is -0.234. The van der Waals surface area contributed by atoms with E-state index < -0.39 is 0 Å². The van der Waals surface area contributed by atoms with E-state index in [9.17, 15) is 4.79 Å². The molecule has 0 N–H and O–H groups in total. The van der Waals surface area contributed by atoms with E-state index in [1.807, 2.05) is 14.1 Å². The average Bonchev–Trinajstić information content (AvgIpc) is 2.19. The Hall–Kier alpha value is -0.370. The summed E-state index contributed by atoms with van der Waals surface area (Å²) >= 11 is 0. The van der Waals surface area contributed by atoms with Crippen LogP contribution in [0.1, 0.15) is 59.8 Å². The molecule has 0 aliphatic rings. The van der Waals surface area contributed by atoms with Crippen molar-refractivity contribution in [2.24, 2.45) is 5.92 Å². The van der Waals surface area contributed by atoms with Crippen LogP contribution in [0.5, 0.6) is 0 Å². The molecule has 96 valence electrons. The van der Waals surface area contributed by atoms with Crippen molar-refractivity contribution >= 4 is 5.78 Å². The van der Waals surface area contributed by atoms with Gasteiger partial charge in [-0.05, 0) is 32.9 Å². The van der Waals surface area contributed by atoms with E-state index in [-0.39, 0.29) is 5.54 Å². The van der Waals surface area contributed by atoms with Crippen LogP contribution in [0.25, 0.3) is 0 Å². The van der Waals surface area contributed by atoms with Gasteiger partial charge in [-0.25, -0.2) is 0 Å². The number of ketones is 1. The van der Waals surface area contributed by atoms with Crippen LogP contribution in [0.2, 0.25) is 0 Å². The predicted molar refractivity (Wildman–Crippen MR) is 70.7 cm³/mol. The molecule has 0 aromatic carbocycles. The molecular formula is C14H29NO. The molecule has 0 heterocycles. The molecule has 0 spiro atoms. The maximum atomic E-state index is 12.4. The highest BCUT2D eigenvalue weighted by atomic mass is 16.1. The van der Waals surface area contributed by atoms with E-state index in [1.165, 1.54) is 6.42 Å². The van der Waals surface area contributed by atoms with Crippen LogP contribution >= 0.6 is 0 Å². The van der Waals surface area contributed by atoms with E-state index in [1.54, 1.807) is 0 Å². The normalized spacial score (nSPS) is 14.2. The minimum Gasteiger partial charge on any atom is -0.298 e. The van der Waals surface area contributed by atoms with Gasteiger partial charge in [0.25, 0.3) is 0 Å². The van der Waals surface area contributed by atoms with E-state index in [0.29, 0.717) is 11.7 Å². The van der Waals surface area contributed by atoms with Gasteiger partial charge in [0.2, 0.25) is 0 Å². The van der Waals surface area contributed by atoms with Gasteiger partial charge in [-0.2, -0.15) is 0 Å². The Morgan fingerprint density at radius 1 is 1.19 bits per heavy atom. The van der Waals surface area contributed by atoms with Gasteiger partial charge < -0.3 is 0 Å². The molecule has 2 heteroatoms. The number of hydrogen-bond donors (Lipinski definition) is 0. The Kier molecular flexibility index (Phi) is 6.89. The molecule has 1 unspecified atom stereocenters. The highest BCUT2D eigenvalue weighted by Crippen LogP contribution is 2.26. The van der Waals surface area contributed by atoms with E-state index in [4.69, 9.17) is 0 Å². The maximum Gasteiger partial charge on any atom is 0.153 e. The molecule has 0 radical (unpaired) electrons. The van der Waals surface area contributed by atoms with Gasteiger partial charge >= 0.3 is 0 Å². The molecule has 0 aromatic heterocycles. The molecule has 0 aliphatic heterocycles. The van der Waals surface area contributed by atoms with Gasteiger partial charge in [0.15, 0.2) is 5.78 Å². The minimum absolute atomic E-state index is 0.234. The SMILES string of the molecule is CCCC(C)CC(=O)C(CC)(CC)N(C)C. The molecule has 2 nitrogen and oxygen atoms in total. The van der Waals surface area contributed by atoms with Crippen molar-refractivity contribution in [3.63, 3.8) is 0 Å². The Morgan fingerprint density at radius 3 is 2.00 bits per heavy atom. The molecule has 16 heavy (non-hydrogen) atoms. The summed E-state index contributed by atoms with van der Waals surface area (Å²) in [6.45, 7) is 8.60. The van der Waals surface area contributed by atoms with Crippen molar-refractivity contribution in [2.75, 3.05) is 14.1 Å². The van der Waals surface area contributed by atoms with E-state index in [0.717, 1.165) is 25.7 Å². The monoisotopic (exact) mass is 227 g/mol. The van der Waals surface area contributed by atoms with E-state index >= 15 is 0 Å². The Morgan fingerprint density at radius 2 is 1.69 bits per heavy atom. The van der Waals surface area contributed by atoms with Crippen molar-refractivity contribution in [1.29, 1.82) is 0 Å². The number of Topliss-reactive ketones (excluding diaryl/α,β-unsaturated/α-hetero) is 1. The Labute approximate surface area is 101 Å². The van der Waals surface area contributed by atoms with Gasteiger partial charge in [-0.3, -0.25) is 9.69 Å². The van der Waals surface area contributed by atoms with Crippen molar-refractivity contribution in [3.05, 3.63) is 0 Å². The van der Waals surface area contributed by atoms with Crippen molar-refractivity contribution in [3.8, 4) is 0 Å². The molecule has 0 aliphatic carbocycles. The standard InChI is InChI=1S/C14H29NO/c1-7-10-12(4)11-13(16)14(8-2,9-3)15(5)6/h12H,7-11H2,1-6H3. The molecule has 0 aromatic rings. The second kappa shape index (κ2) is 7.05. The smallest absolute Gasteiger partial charge is 0.153 e. The van der Waals surface area contributed by atoms with Crippen LogP contribution < -0.4 is 0 Å². The van der Waals surface area contributed by atoms with Crippen molar-refractivity contribution < 1.29 is 4.79 Å². The fourth-order valence-electron chi connectivity index (χ4n) is 2.63. The van der Waals surface area contributed by atoms with Crippen LogP contribution in [0, 0.1) is 5.92 Å². The number of nitrogens with zero attached hydrogens (tertiary/aromatic N) is 1. The number of likely N-dealkylation sites (N-methyl/N-ethyl adjacent to an activating group) is 1. The topological polar surface area (TPSA) is 20.3 Å². The zero-order chi connectivity index (χ0) is 12.8. The molecule has 0 rings (SSSR count). The molecule has 0 fully saturated rings. The van der Waals surface area contributed by atoms with Gasteiger partial charge in [-0.15, -0.1) is 0 Å². The second-order valence-corrected chi connectivity index (χ2v) is 5.15. The number of carbonyl (C=O) groups is 1. The van der Waals surface area contributed by atoms with Gasteiger partial charge in [0, 0.05) is 6.42 Å². The quantitative estimate of drug-likeness (QED) is 0.632. The first-order valence-corrected chi connectivity index (χ1v) is 6.65. The lowest BCUT2D eigenvalue weighted by Gasteiger charge is -2.37. The summed E-state index contributed by atoms with van der Waals surface area (Å²) in [7, 11) is 4.05. The molecule has 0 saturated carbocycles. The fraction of sp³-hybridized carbons (Fsp3) is 0.929. The van der Waals surface area contributed by atoms with Crippen LogP contribution in [0.3, 0.4) is 0 Å². The summed E-state index contributed by atoms with van der Waals surface area (Å²) in [5.74, 6) is 0.943. The lowest BCUT2D eigenvalue weighted by molar-refractivity contribution is -0.131. The molecule has 0 saturated heterocycles. The third-order valence-corrected chi connectivity index (χ3v) is 3.86. The average molecular weight is 227 g/mol. The molecule has 1 atom stereocenters.